The number of hydrogen-bond donors (Lipinski definition) is 3. The van der Waals surface area contributed by atoms with Crippen molar-refractivity contribution >= 4 is 16.7 Å². The third-order valence-corrected chi connectivity index (χ3v) is 13.1. The van der Waals surface area contributed by atoms with Crippen LogP contribution in [0.3, 0.4) is 0 Å². The van der Waals surface area contributed by atoms with E-state index in [1.807, 2.05) is 19.1 Å². The fourth-order valence-corrected chi connectivity index (χ4v) is 10.2. The quantitative estimate of drug-likeness (QED) is 0.286. The van der Waals surface area contributed by atoms with Crippen LogP contribution in [0.2, 0.25) is 0 Å². The van der Waals surface area contributed by atoms with Gasteiger partial charge in [-0.25, -0.2) is 0 Å². The van der Waals surface area contributed by atoms with Gasteiger partial charge in [-0.1, -0.05) is 52.7 Å². The maximum Gasteiger partial charge on any atom is 0.313 e. The molecule has 1 aliphatic heterocycles. The molecular formula is C39H56O8. The van der Waals surface area contributed by atoms with Gasteiger partial charge < -0.3 is 34.3 Å². The van der Waals surface area contributed by atoms with Crippen LogP contribution >= 0.6 is 0 Å². The Morgan fingerprint density at radius 1 is 1.00 bits per heavy atom. The van der Waals surface area contributed by atoms with Gasteiger partial charge in [0.25, 0.3) is 0 Å². The molecule has 260 valence electrons. The first-order chi connectivity index (χ1) is 22.3. The molecule has 0 amide bonds. The van der Waals surface area contributed by atoms with Crippen molar-refractivity contribution in [3.8, 4) is 11.5 Å². The highest BCUT2D eigenvalue weighted by Crippen LogP contribution is 2.66. The van der Waals surface area contributed by atoms with Crippen molar-refractivity contribution in [2.45, 2.75) is 130 Å². The molecular weight excluding hydrogens is 596 g/mol. The van der Waals surface area contributed by atoms with E-state index in [-0.39, 0.29) is 23.2 Å². The number of rotatable bonds is 7. The van der Waals surface area contributed by atoms with Crippen LogP contribution in [0.1, 0.15) is 96.6 Å². The van der Waals surface area contributed by atoms with E-state index in [9.17, 15) is 20.1 Å². The third kappa shape index (κ3) is 5.85. The Bertz CT molecular complexity index is 1470. The van der Waals surface area contributed by atoms with Gasteiger partial charge in [0.1, 0.15) is 18.3 Å². The molecule has 0 bridgehead atoms. The van der Waals surface area contributed by atoms with Crippen LogP contribution in [0.5, 0.6) is 11.5 Å². The first-order valence-electron chi connectivity index (χ1n) is 17.9. The average Bonchev–Trinajstić information content (AvgIpc) is 3.04. The van der Waals surface area contributed by atoms with Crippen LogP contribution in [0.4, 0.5) is 0 Å². The molecule has 2 aromatic carbocycles. The number of aliphatic hydroxyl groups excluding tert-OH is 3. The van der Waals surface area contributed by atoms with Crippen LogP contribution in [0, 0.1) is 47.8 Å². The molecule has 2 aromatic rings. The van der Waals surface area contributed by atoms with Crippen LogP contribution in [-0.2, 0) is 14.3 Å². The van der Waals surface area contributed by atoms with E-state index in [4.69, 9.17) is 18.9 Å². The molecule has 6 rings (SSSR count). The summed E-state index contributed by atoms with van der Waals surface area (Å²) in [6, 6.07) is 7.76. The lowest BCUT2D eigenvalue weighted by molar-refractivity contribution is -0.286. The van der Waals surface area contributed by atoms with Crippen molar-refractivity contribution in [1.82, 2.24) is 0 Å². The summed E-state index contributed by atoms with van der Waals surface area (Å²) >= 11 is 0. The minimum absolute atomic E-state index is 0.0135. The van der Waals surface area contributed by atoms with E-state index in [0.29, 0.717) is 22.8 Å². The standard InChI is InChI=1S/C39H56O8/c1-8-38(6)17-14-27-25(20-38)11-13-30-37(4,5)15-9-16-39(27,30)36(43)47-34-29(21-40)46-35(32(42)31(34)41)45-28-12-10-24-18-22(2)23(3)19-26(24)33(28)44-7/h10,12,18-19,25,27,29-32,34-35,40-42H,8-9,11,13-17,20-21H2,1-7H3/t25-,27-,29-,30-,31-,32-,34-,35-,38-,39+/m0/s1. The van der Waals surface area contributed by atoms with Crippen LogP contribution in [-0.4, -0.2) is 65.7 Å². The summed E-state index contributed by atoms with van der Waals surface area (Å²) in [6.07, 6.45) is 2.56. The minimum atomic E-state index is -1.54. The first-order valence-corrected chi connectivity index (χ1v) is 17.9. The van der Waals surface area contributed by atoms with Crippen molar-refractivity contribution < 1.29 is 39.1 Å². The molecule has 3 aliphatic carbocycles. The Morgan fingerprint density at radius 2 is 1.74 bits per heavy atom. The molecule has 0 unspecified atom stereocenters. The fraction of sp³-hybridized carbons (Fsp3) is 0.718. The molecule has 1 heterocycles. The highest BCUT2D eigenvalue weighted by molar-refractivity contribution is 5.92. The Balaban J connectivity index is 1.26. The Kier molecular flexibility index (Phi) is 9.40. The second kappa shape index (κ2) is 12.8. The van der Waals surface area contributed by atoms with Gasteiger partial charge in [0.15, 0.2) is 17.6 Å². The topological polar surface area (TPSA) is 115 Å². The number of ether oxygens (including phenoxy) is 4. The molecule has 4 fully saturated rings. The van der Waals surface area contributed by atoms with Crippen molar-refractivity contribution in [3.05, 3.63) is 35.4 Å². The fourth-order valence-electron chi connectivity index (χ4n) is 10.2. The van der Waals surface area contributed by atoms with Crippen molar-refractivity contribution in [1.29, 1.82) is 0 Å². The molecule has 4 aliphatic rings. The van der Waals surface area contributed by atoms with Gasteiger partial charge in [0, 0.05) is 5.39 Å². The Hall–Kier alpha value is -2.39. The predicted molar refractivity (Wildman–Crippen MR) is 180 cm³/mol. The number of methoxy groups -OCH3 is 1. The average molecular weight is 653 g/mol. The number of aryl methyl sites for hydroxylation is 2. The molecule has 0 aromatic heterocycles. The summed E-state index contributed by atoms with van der Waals surface area (Å²) in [4.78, 5) is 14.7. The van der Waals surface area contributed by atoms with Gasteiger partial charge in [-0.3, -0.25) is 4.79 Å². The number of carbonyl (C=O) groups is 1. The van der Waals surface area contributed by atoms with E-state index in [1.165, 1.54) is 0 Å². The summed E-state index contributed by atoms with van der Waals surface area (Å²) in [7, 11) is 1.56. The SMILES string of the molecule is CC[C@@]1(C)CC[C@H]2[C@@H](CC[C@H]3C(C)(C)CCC[C@@]23C(=O)O[C@@H]2[C@@H](O)[C@H](O)[C@@H](Oc3ccc4cc(C)c(C)cc4c3OC)O[C@H]2CO)C1. The zero-order chi connectivity index (χ0) is 33.9. The molecule has 8 nitrogen and oxygen atoms in total. The van der Waals surface area contributed by atoms with Crippen LogP contribution in [0.25, 0.3) is 10.8 Å². The second-order valence-electron chi connectivity index (χ2n) is 16.2. The molecule has 47 heavy (non-hydrogen) atoms. The van der Waals surface area contributed by atoms with Crippen molar-refractivity contribution in [2.75, 3.05) is 13.7 Å². The van der Waals surface area contributed by atoms with E-state index in [1.54, 1.807) is 13.2 Å². The number of esters is 1. The normalized spacial score (nSPS) is 38.3. The smallest absolute Gasteiger partial charge is 0.313 e. The summed E-state index contributed by atoms with van der Waals surface area (Å²) < 4.78 is 24.3. The van der Waals surface area contributed by atoms with Gasteiger partial charge in [0.2, 0.25) is 6.29 Å². The molecule has 1 saturated heterocycles. The van der Waals surface area contributed by atoms with E-state index < -0.39 is 42.7 Å². The third-order valence-electron chi connectivity index (χ3n) is 13.1. The van der Waals surface area contributed by atoms with Gasteiger partial charge in [-0.15, -0.1) is 0 Å². The minimum Gasteiger partial charge on any atom is -0.492 e. The lowest BCUT2D eigenvalue weighted by Gasteiger charge is -2.61. The summed E-state index contributed by atoms with van der Waals surface area (Å²) in [5.74, 6) is 1.36. The molecule has 3 N–H and O–H groups in total. The highest BCUT2D eigenvalue weighted by atomic mass is 16.7. The van der Waals surface area contributed by atoms with E-state index in [2.05, 4.69) is 40.7 Å². The predicted octanol–water partition coefficient (Wildman–Crippen LogP) is 6.63. The van der Waals surface area contributed by atoms with Crippen LogP contribution in [0.15, 0.2) is 24.3 Å². The van der Waals surface area contributed by atoms with Crippen molar-refractivity contribution in [3.63, 3.8) is 0 Å². The zero-order valence-electron chi connectivity index (χ0n) is 29.4. The summed E-state index contributed by atoms with van der Waals surface area (Å²) in [5.41, 5.74) is 1.88. The van der Waals surface area contributed by atoms with Gasteiger partial charge in [-0.2, -0.15) is 0 Å². The number of aliphatic hydroxyl groups is 3. The van der Waals surface area contributed by atoms with Gasteiger partial charge in [-0.05, 0) is 116 Å². The maximum absolute atomic E-state index is 14.7. The largest absolute Gasteiger partial charge is 0.492 e. The van der Waals surface area contributed by atoms with Crippen LogP contribution < -0.4 is 9.47 Å². The summed E-state index contributed by atoms with van der Waals surface area (Å²) in [6.45, 7) is 12.8. The molecule has 0 spiro atoms. The molecule has 10 atom stereocenters. The number of hydrogen-bond acceptors (Lipinski definition) is 8. The number of carbonyl (C=O) groups excluding carboxylic acids is 1. The number of fused-ring (bicyclic) bond motifs is 4. The Labute approximate surface area is 280 Å². The van der Waals surface area contributed by atoms with Gasteiger partial charge in [0.05, 0.1) is 19.1 Å². The number of benzene rings is 2. The maximum atomic E-state index is 14.7. The van der Waals surface area contributed by atoms with Crippen molar-refractivity contribution in [2.24, 2.45) is 34.0 Å². The molecule has 3 saturated carbocycles. The highest BCUT2D eigenvalue weighted by Gasteiger charge is 2.64. The molecule has 8 heteroatoms. The first kappa shape index (κ1) is 34.5. The van der Waals surface area contributed by atoms with Gasteiger partial charge >= 0.3 is 5.97 Å². The van der Waals surface area contributed by atoms with E-state index >= 15 is 0 Å². The lowest BCUT2D eigenvalue weighted by Crippen LogP contribution is -2.64. The lowest BCUT2D eigenvalue weighted by atomic mass is 9.42. The second-order valence-corrected chi connectivity index (χ2v) is 16.2. The Morgan fingerprint density at radius 3 is 2.45 bits per heavy atom. The molecule has 0 radical (unpaired) electrons. The van der Waals surface area contributed by atoms with E-state index in [0.717, 1.165) is 79.7 Å². The monoisotopic (exact) mass is 652 g/mol. The summed E-state index contributed by atoms with van der Waals surface area (Å²) in [5, 5.41) is 35.1. The zero-order valence-corrected chi connectivity index (χ0v) is 29.4.